The van der Waals surface area contributed by atoms with Gasteiger partial charge >= 0.3 is 5.97 Å². The van der Waals surface area contributed by atoms with Crippen molar-refractivity contribution in [2.24, 2.45) is 0 Å². The van der Waals surface area contributed by atoms with Gasteiger partial charge in [0, 0.05) is 23.2 Å². The fraction of sp³-hybridized carbons (Fsp3) is 0.167. The van der Waals surface area contributed by atoms with Crippen LogP contribution in [0.3, 0.4) is 0 Å². The number of fused-ring (bicyclic) bond motifs is 1. The van der Waals surface area contributed by atoms with Gasteiger partial charge in [0.15, 0.2) is 4.96 Å². The number of nitrogens with zero attached hydrogens (tertiary/aromatic N) is 2. The summed E-state index contributed by atoms with van der Waals surface area (Å²) < 4.78 is 1.94. The number of thiazole rings is 1. The standard InChI is InChI=1S/C12H10N2O2S2/c1-7-6-13-12-14(7)9(10(18-12)11(15)16)5-8-3-2-4-17-8/h2-4,6H,5H2,1H3,(H,15,16). The highest BCUT2D eigenvalue weighted by Crippen LogP contribution is 2.27. The fourth-order valence-corrected chi connectivity index (χ4v) is 3.68. The number of aromatic nitrogens is 2. The molecule has 0 unspecified atom stereocenters. The van der Waals surface area contributed by atoms with Gasteiger partial charge in [-0.25, -0.2) is 9.78 Å². The largest absolute Gasteiger partial charge is 0.477 e. The van der Waals surface area contributed by atoms with E-state index in [2.05, 4.69) is 4.98 Å². The number of carboxylic acids is 1. The first kappa shape index (κ1) is 11.4. The Hall–Kier alpha value is -1.66. The molecule has 0 aromatic carbocycles. The van der Waals surface area contributed by atoms with Crippen molar-refractivity contribution in [3.63, 3.8) is 0 Å². The third kappa shape index (κ3) is 1.74. The van der Waals surface area contributed by atoms with Crippen molar-refractivity contribution in [3.05, 3.63) is 44.9 Å². The first-order valence-electron chi connectivity index (χ1n) is 5.38. The van der Waals surface area contributed by atoms with Crippen molar-refractivity contribution in [1.82, 2.24) is 9.38 Å². The Labute approximate surface area is 111 Å². The summed E-state index contributed by atoms with van der Waals surface area (Å²) in [6.07, 6.45) is 2.41. The minimum atomic E-state index is -0.878. The summed E-state index contributed by atoms with van der Waals surface area (Å²) in [4.78, 5) is 17.8. The van der Waals surface area contributed by atoms with Crippen LogP contribution >= 0.6 is 22.7 Å². The van der Waals surface area contributed by atoms with E-state index >= 15 is 0 Å². The van der Waals surface area contributed by atoms with Gasteiger partial charge in [0.25, 0.3) is 0 Å². The number of imidazole rings is 1. The maximum Gasteiger partial charge on any atom is 0.347 e. The smallest absolute Gasteiger partial charge is 0.347 e. The third-order valence-corrected chi connectivity index (χ3v) is 4.71. The highest BCUT2D eigenvalue weighted by molar-refractivity contribution is 7.19. The molecule has 3 rings (SSSR count). The highest BCUT2D eigenvalue weighted by Gasteiger charge is 2.20. The van der Waals surface area contributed by atoms with Crippen LogP contribution in [-0.4, -0.2) is 20.5 Å². The van der Waals surface area contributed by atoms with Crippen LogP contribution in [0, 0.1) is 6.92 Å². The first-order valence-corrected chi connectivity index (χ1v) is 7.08. The number of aromatic carboxylic acids is 1. The lowest BCUT2D eigenvalue weighted by molar-refractivity contribution is 0.0701. The van der Waals surface area contributed by atoms with Gasteiger partial charge in [-0.3, -0.25) is 4.40 Å². The summed E-state index contributed by atoms with van der Waals surface area (Å²) >= 11 is 2.87. The number of hydrogen-bond acceptors (Lipinski definition) is 4. The molecule has 3 aromatic heterocycles. The Morgan fingerprint density at radius 1 is 1.56 bits per heavy atom. The lowest BCUT2D eigenvalue weighted by Crippen LogP contribution is -2.02. The zero-order valence-electron chi connectivity index (χ0n) is 9.58. The average Bonchev–Trinajstić information content (AvgIpc) is 2.99. The molecule has 0 spiro atoms. The molecule has 0 saturated heterocycles. The topological polar surface area (TPSA) is 54.6 Å². The van der Waals surface area contributed by atoms with Crippen molar-refractivity contribution < 1.29 is 9.90 Å². The zero-order chi connectivity index (χ0) is 12.7. The van der Waals surface area contributed by atoms with Crippen molar-refractivity contribution in [2.45, 2.75) is 13.3 Å². The van der Waals surface area contributed by atoms with E-state index in [0.29, 0.717) is 11.3 Å². The number of carbonyl (C=O) groups is 1. The van der Waals surface area contributed by atoms with Crippen LogP contribution in [0.5, 0.6) is 0 Å². The van der Waals surface area contributed by atoms with Gasteiger partial charge < -0.3 is 5.11 Å². The van der Waals surface area contributed by atoms with Gasteiger partial charge in [-0.1, -0.05) is 17.4 Å². The molecule has 0 saturated carbocycles. The maximum atomic E-state index is 11.3. The number of aryl methyl sites for hydroxylation is 1. The number of hydrogen-bond donors (Lipinski definition) is 1. The quantitative estimate of drug-likeness (QED) is 0.801. The zero-order valence-corrected chi connectivity index (χ0v) is 11.2. The lowest BCUT2D eigenvalue weighted by Gasteiger charge is -2.01. The molecule has 0 atom stereocenters. The van der Waals surface area contributed by atoms with E-state index < -0.39 is 5.97 Å². The van der Waals surface area contributed by atoms with E-state index in [1.54, 1.807) is 17.5 Å². The molecule has 92 valence electrons. The first-order chi connectivity index (χ1) is 8.66. The monoisotopic (exact) mass is 278 g/mol. The van der Waals surface area contributed by atoms with Gasteiger partial charge in [0.2, 0.25) is 0 Å². The Morgan fingerprint density at radius 2 is 2.39 bits per heavy atom. The van der Waals surface area contributed by atoms with Crippen LogP contribution in [-0.2, 0) is 6.42 Å². The van der Waals surface area contributed by atoms with Crippen molar-refractivity contribution in [1.29, 1.82) is 0 Å². The molecule has 4 nitrogen and oxygen atoms in total. The Kier molecular flexibility index (Phi) is 2.68. The van der Waals surface area contributed by atoms with Crippen molar-refractivity contribution >= 4 is 33.6 Å². The van der Waals surface area contributed by atoms with E-state index in [1.165, 1.54) is 11.3 Å². The number of rotatable bonds is 3. The van der Waals surface area contributed by atoms with Crippen LogP contribution in [0.15, 0.2) is 23.7 Å². The number of carboxylic acid groups (broad SMARTS) is 1. The Bertz CT molecular complexity index is 710. The predicted molar refractivity (Wildman–Crippen MR) is 71.9 cm³/mol. The third-order valence-electron chi connectivity index (χ3n) is 2.75. The second-order valence-corrected chi connectivity index (χ2v) is 5.97. The van der Waals surface area contributed by atoms with Crippen LogP contribution in [0.2, 0.25) is 0 Å². The molecular formula is C12H10N2O2S2. The highest BCUT2D eigenvalue weighted by atomic mass is 32.1. The molecule has 0 radical (unpaired) electrons. The van der Waals surface area contributed by atoms with Gasteiger partial charge in [-0.15, -0.1) is 11.3 Å². The average molecular weight is 278 g/mol. The molecule has 0 amide bonds. The molecular weight excluding hydrogens is 268 g/mol. The summed E-state index contributed by atoms with van der Waals surface area (Å²) in [5.74, 6) is -0.878. The maximum absolute atomic E-state index is 11.3. The summed E-state index contributed by atoms with van der Waals surface area (Å²) in [6, 6.07) is 4.00. The van der Waals surface area contributed by atoms with E-state index in [9.17, 15) is 9.90 Å². The molecule has 18 heavy (non-hydrogen) atoms. The normalized spacial score (nSPS) is 11.2. The Balaban J connectivity index is 2.19. The minimum absolute atomic E-state index is 0.384. The van der Waals surface area contributed by atoms with Crippen molar-refractivity contribution in [2.75, 3.05) is 0 Å². The van der Waals surface area contributed by atoms with E-state index in [4.69, 9.17) is 0 Å². The molecule has 0 aliphatic rings. The summed E-state index contributed by atoms with van der Waals surface area (Å²) in [5, 5.41) is 11.3. The van der Waals surface area contributed by atoms with Gasteiger partial charge in [-0.05, 0) is 18.4 Å². The second-order valence-electron chi connectivity index (χ2n) is 3.96. The Morgan fingerprint density at radius 3 is 3.06 bits per heavy atom. The molecule has 3 heterocycles. The van der Waals surface area contributed by atoms with Gasteiger partial charge in [-0.2, -0.15) is 0 Å². The fourth-order valence-electron chi connectivity index (χ4n) is 1.97. The predicted octanol–water partition coefficient (Wildman–Crippen LogP) is 3.05. The molecule has 3 aromatic rings. The van der Waals surface area contributed by atoms with E-state index in [-0.39, 0.29) is 0 Å². The molecule has 6 heteroatoms. The van der Waals surface area contributed by atoms with Crippen LogP contribution in [0.25, 0.3) is 4.96 Å². The number of thiophene rings is 1. The summed E-state index contributed by atoms with van der Waals surface area (Å²) in [7, 11) is 0. The SMILES string of the molecule is Cc1cnc2sc(C(=O)O)c(Cc3cccs3)n12. The minimum Gasteiger partial charge on any atom is -0.477 e. The van der Waals surface area contributed by atoms with Crippen LogP contribution in [0.1, 0.15) is 25.9 Å². The molecule has 0 bridgehead atoms. The van der Waals surface area contributed by atoms with E-state index in [1.807, 2.05) is 28.8 Å². The second kappa shape index (κ2) is 4.22. The van der Waals surface area contributed by atoms with Gasteiger partial charge in [0.1, 0.15) is 4.88 Å². The molecule has 0 aliphatic carbocycles. The molecule has 1 N–H and O–H groups in total. The lowest BCUT2D eigenvalue weighted by atomic mass is 10.2. The molecule has 0 aliphatic heterocycles. The van der Waals surface area contributed by atoms with E-state index in [0.717, 1.165) is 21.2 Å². The van der Waals surface area contributed by atoms with Gasteiger partial charge in [0.05, 0.1) is 5.69 Å². The van der Waals surface area contributed by atoms with Crippen LogP contribution in [0.4, 0.5) is 0 Å². The molecule has 0 fully saturated rings. The summed E-state index contributed by atoms with van der Waals surface area (Å²) in [5.41, 5.74) is 1.79. The summed E-state index contributed by atoms with van der Waals surface area (Å²) in [6.45, 7) is 1.94. The van der Waals surface area contributed by atoms with Crippen LogP contribution < -0.4 is 0 Å². The van der Waals surface area contributed by atoms with Crippen molar-refractivity contribution in [3.8, 4) is 0 Å².